The van der Waals surface area contributed by atoms with Gasteiger partial charge >= 0.3 is 0 Å². The van der Waals surface area contributed by atoms with E-state index in [0.717, 1.165) is 0 Å². The van der Waals surface area contributed by atoms with Crippen LogP contribution in [0.4, 0.5) is 0 Å². The monoisotopic (exact) mass is 1850 g/mol. The fourth-order valence-electron chi connectivity index (χ4n) is 29.1. The first-order chi connectivity index (χ1) is 68.8. The molecule has 716 valence electrons. The predicted molar refractivity (Wildman–Crippen MR) is 611 cm³/mol. The smallest absolute Gasteiger partial charge is 0.0215 e. The van der Waals surface area contributed by atoms with Crippen molar-refractivity contribution in [2.45, 2.75) is 322 Å². The van der Waals surface area contributed by atoms with E-state index in [9.17, 15) is 0 Å². The van der Waals surface area contributed by atoms with E-state index in [0.29, 0.717) is 0 Å². The number of benzene rings is 16. The van der Waals surface area contributed by atoms with Crippen molar-refractivity contribution >= 4 is 21.5 Å². The molecule has 0 saturated heterocycles. The first-order valence-electron chi connectivity index (χ1n) is 55.7. The van der Waals surface area contributed by atoms with Crippen LogP contribution in [-0.4, -0.2) is 0 Å². The molecule has 23 rings (SSSR count). The molecule has 7 aliphatic carbocycles. The van der Waals surface area contributed by atoms with Gasteiger partial charge in [-0.2, -0.15) is 0 Å². The van der Waals surface area contributed by atoms with E-state index in [4.69, 9.17) is 0 Å². The number of aryl methyl sites for hydroxylation is 2. The molecular formula is C142H148. The zero-order valence-electron chi connectivity index (χ0n) is 88.1. The van der Waals surface area contributed by atoms with Crippen molar-refractivity contribution in [3.63, 3.8) is 0 Å². The van der Waals surface area contributed by atoms with Crippen LogP contribution in [0, 0.1) is 13.8 Å². The second kappa shape index (κ2) is 36.4. The molecule has 0 nitrogen and oxygen atoms in total. The molecule has 0 radical (unpaired) electrons. The highest BCUT2D eigenvalue weighted by atomic mass is 14.5. The van der Waals surface area contributed by atoms with E-state index in [2.05, 4.69) is 390 Å². The number of hydrogen-bond donors (Lipinski definition) is 0. The molecule has 0 fully saturated rings. The van der Waals surface area contributed by atoms with Gasteiger partial charge in [0.05, 0.1) is 0 Å². The summed E-state index contributed by atoms with van der Waals surface area (Å²) in [5, 5.41) is 5.29. The van der Waals surface area contributed by atoms with Gasteiger partial charge in [-0.15, -0.1) is 0 Å². The van der Waals surface area contributed by atoms with Gasteiger partial charge in [0.1, 0.15) is 0 Å². The van der Waals surface area contributed by atoms with Gasteiger partial charge in [-0.05, 0) is 368 Å². The lowest BCUT2D eigenvalue weighted by Gasteiger charge is -2.33. The Morgan fingerprint density at radius 2 is 0.373 bits per heavy atom. The van der Waals surface area contributed by atoms with Gasteiger partial charge in [-0.3, -0.25) is 0 Å². The number of rotatable bonds is 33. The molecule has 0 amide bonds. The molecule has 0 saturated carbocycles. The predicted octanol–water partition coefficient (Wildman–Crippen LogP) is 41.3. The lowest BCUT2D eigenvalue weighted by molar-refractivity contribution is 0.398. The summed E-state index contributed by atoms with van der Waals surface area (Å²) in [6.07, 6.45) is 35.3. The van der Waals surface area contributed by atoms with E-state index < -0.39 is 0 Å². The maximum atomic E-state index is 2.65. The Balaban J connectivity index is 0.511. The van der Waals surface area contributed by atoms with Gasteiger partial charge < -0.3 is 0 Å². The summed E-state index contributed by atoms with van der Waals surface area (Å²) < 4.78 is 0. The average molecular weight is 1850 g/mol. The Labute approximate surface area is 850 Å². The Morgan fingerprint density at radius 3 is 0.697 bits per heavy atom. The molecule has 16 aromatic carbocycles. The van der Waals surface area contributed by atoms with Crippen LogP contribution >= 0.6 is 0 Å². The van der Waals surface area contributed by atoms with Gasteiger partial charge in [-0.1, -0.05) is 451 Å². The minimum absolute atomic E-state index is 0.0466. The first kappa shape index (κ1) is 93.7. The SMILES string of the molecule is CCCCCCCCC1(CCCCCCC)c2ccccc2-c2ccc(-c3ccc4c(c3)C(C)(C)c3cc(-c5ccc(-c6cc7c(c8ccccc68)-c6cc8c(cc6C7(C)C)-c6cc7c(cc6C8(C)C)-c6c(cc(-c8ccc(-c9ccc%10c(c9)C(C)(C)c9cc(-c%11ccc%12c(c%11)C(CCCCCCCC)(CCCCCCCC)c%11ccccc%11-%12)ccc9-%10)c(C)c8)c8ccccc68)C7(C)C)cc5C)ccc3-4)cc21. The quantitative estimate of drug-likeness (QED) is 0.0360. The van der Waals surface area contributed by atoms with Crippen LogP contribution in [0.1, 0.15) is 359 Å². The molecule has 1 atom stereocenters. The summed E-state index contributed by atoms with van der Waals surface area (Å²) in [5.74, 6) is 0. The normalized spacial score (nSPS) is 16.5. The van der Waals surface area contributed by atoms with Crippen LogP contribution in [0.2, 0.25) is 0 Å². The number of unbranched alkanes of at least 4 members (excludes halogenated alkanes) is 19. The van der Waals surface area contributed by atoms with Crippen molar-refractivity contribution in [2.75, 3.05) is 0 Å². The Hall–Kier alpha value is -12.0. The van der Waals surface area contributed by atoms with E-state index in [1.165, 1.54) is 406 Å². The minimum atomic E-state index is -0.267. The maximum absolute atomic E-state index is 2.65. The van der Waals surface area contributed by atoms with E-state index >= 15 is 0 Å². The highest BCUT2D eigenvalue weighted by Crippen LogP contribution is 2.65. The van der Waals surface area contributed by atoms with Crippen LogP contribution in [0.15, 0.2) is 279 Å². The largest absolute Gasteiger partial charge is 0.0654 e. The van der Waals surface area contributed by atoms with Crippen molar-refractivity contribution in [1.29, 1.82) is 0 Å². The third kappa shape index (κ3) is 15.0. The molecular weight excluding hydrogens is 1710 g/mol. The summed E-state index contributed by atoms with van der Waals surface area (Å²) in [5.41, 5.74) is 57.4. The van der Waals surface area contributed by atoms with Gasteiger partial charge in [0.2, 0.25) is 0 Å². The Bertz CT molecular complexity index is 7530. The molecule has 7 aliphatic rings. The van der Waals surface area contributed by atoms with Crippen molar-refractivity contribution in [2.24, 2.45) is 0 Å². The van der Waals surface area contributed by atoms with Crippen molar-refractivity contribution in [3.8, 4) is 145 Å². The molecule has 1 unspecified atom stereocenters. The summed E-state index contributed by atoms with van der Waals surface area (Å²) >= 11 is 0. The van der Waals surface area contributed by atoms with E-state index in [-0.39, 0.29) is 37.9 Å². The fraction of sp³-hybridized carbons (Fsp3) is 0.352. The molecule has 0 aromatic heterocycles. The third-order valence-electron chi connectivity index (χ3n) is 37.1. The van der Waals surface area contributed by atoms with Crippen LogP contribution in [0.5, 0.6) is 0 Å². The van der Waals surface area contributed by atoms with Crippen molar-refractivity contribution in [1.82, 2.24) is 0 Å². The van der Waals surface area contributed by atoms with E-state index in [1.54, 1.807) is 22.3 Å². The standard InChI is InChI=1S/C142H148/c1-17-21-25-29-33-45-73-141(72-44-32-28-24-20-4)120-54-42-40-50-104(120)110-68-58-94(80-130(110)141)92-56-66-106-108-70-62-98(82-124(108)136(7,8)122(106)78-92)100-64-60-96(76-90(100)5)114-84-132-134(112-52-38-36-48-102(112)114)118-88-126-116(86-128(118)139(132,13)14)117-87-129-119(89-127(117)138(126,11)12)135-113-53-39-37-49-103(113)115(85-133(135)140(129,15)16)97-61-65-101(91(6)77-97)99-63-71-109-107-67-57-93(79-123(107)137(9,10)125(109)83-99)95-59-69-111-105-51-41-43-55-121(105)142(131(111)81-95,74-46-34-30-26-22-18-2)75-47-35-31-27-23-19-3/h36-43,48-71,76-89H,17-35,44-47,72-75H2,1-16H3. The minimum Gasteiger partial charge on any atom is -0.0654 e. The zero-order chi connectivity index (χ0) is 97.7. The molecule has 0 spiro atoms. The average Bonchev–Trinajstić information content (AvgIpc) is 1.51. The summed E-state index contributed by atoms with van der Waals surface area (Å²) in [7, 11) is 0. The van der Waals surface area contributed by atoms with Crippen molar-refractivity contribution < 1.29 is 0 Å². The van der Waals surface area contributed by atoms with Gasteiger partial charge in [-0.25, -0.2) is 0 Å². The third-order valence-corrected chi connectivity index (χ3v) is 37.1. The molecule has 16 aromatic rings. The second-order valence-electron chi connectivity index (χ2n) is 47.4. The van der Waals surface area contributed by atoms with Crippen molar-refractivity contribution in [3.05, 3.63) is 368 Å². The van der Waals surface area contributed by atoms with Crippen LogP contribution in [-0.2, 0) is 37.9 Å². The molecule has 0 bridgehead atoms. The van der Waals surface area contributed by atoms with Gasteiger partial charge in [0.25, 0.3) is 0 Å². The number of hydrogen-bond acceptors (Lipinski definition) is 0. The van der Waals surface area contributed by atoms with E-state index in [1.807, 2.05) is 0 Å². The summed E-state index contributed by atoms with van der Waals surface area (Å²) in [6, 6.07) is 113. The second-order valence-corrected chi connectivity index (χ2v) is 47.4. The van der Waals surface area contributed by atoms with Gasteiger partial charge in [0, 0.05) is 37.9 Å². The highest BCUT2D eigenvalue weighted by molar-refractivity contribution is 6.12. The molecule has 142 heavy (non-hydrogen) atoms. The molecule has 0 aliphatic heterocycles. The number of fused-ring (bicyclic) bond motifs is 25. The summed E-state index contributed by atoms with van der Waals surface area (Å²) in [6.45, 7) is 38.9. The van der Waals surface area contributed by atoms with Crippen LogP contribution < -0.4 is 0 Å². The molecule has 0 heteroatoms. The Kier molecular flexibility index (Phi) is 24.0. The lowest BCUT2D eigenvalue weighted by atomic mass is 9.70. The fourth-order valence-corrected chi connectivity index (χ4v) is 29.1. The summed E-state index contributed by atoms with van der Waals surface area (Å²) in [4.78, 5) is 0. The Morgan fingerprint density at radius 1 is 0.155 bits per heavy atom. The maximum Gasteiger partial charge on any atom is 0.0215 e. The van der Waals surface area contributed by atoms with Gasteiger partial charge in [0.15, 0.2) is 0 Å². The highest BCUT2D eigenvalue weighted by Gasteiger charge is 2.50. The molecule has 0 heterocycles. The first-order valence-corrected chi connectivity index (χ1v) is 55.7. The zero-order valence-corrected chi connectivity index (χ0v) is 88.1. The van der Waals surface area contributed by atoms with Crippen LogP contribution in [0.3, 0.4) is 0 Å². The topological polar surface area (TPSA) is 0 Å². The lowest BCUT2D eigenvalue weighted by Crippen LogP contribution is -2.25. The van der Waals surface area contributed by atoms with Crippen LogP contribution in [0.25, 0.3) is 166 Å². The molecule has 0 N–H and O–H groups in total.